The van der Waals surface area contributed by atoms with Crippen LogP contribution in [0.5, 0.6) is 0 Å². The molecule has 0 atom stereocenters. The number of anilines is 1. The Kier molecular flexibility index (Phi) is 3.96. The van der Waals surface area contributed by atoms with E-state index in [9.17, 15) is 9.59 Å². The molecule has 2 amide bonds. The number of hydrogen-bond acceptors (Lipinski definition) is 6. The van der Waals surface area contributed by atoms with Gasteiger partial charge in [0.1, 0.15) is 0 Å². The quantitative estimate of drug-likeness (QED) is 0.868. The van der Waals surface area contributed by atoms with Crippen LogP contribution in [0.15, 0.2) is 28.9 Å². The first-order valence-electron chi connectivity index (χ1n) is 7.29. The smallest absolute Gasteiger partial charge is 0.280 e. The maximum Gasteiger partial charge on any atom is 0.280 e. The van der Waals surface area contributed by atoms with Gasteiger partial charge in [-0.3, -0.25) is 9.59 Å². The van der Waals surface area contributed by atoms with Crippen LogP contribution in [0, 0.1) is 6.92 Å². The van der Waals surface area contributed by atoms with Crippen molar-refractivity contribution in [3.63, 3.8) is 0 Å². The van der Waals surface area contributed by atoms with Crippen LogP contribution in [-0.4, -0.2) is 58.1 Å². The summed E-state index contributed by atoms with van der Waals surface area (Å²) in [6.45, 7) is 3.71. The Balaban J connectivity index is 1.63. The highest BCUT2D eigenvalue weighted by Gasteiger charge is 2.28. The summed E-state index contributed by atoms with van der Waals surface area (Å²) < 4.78 is 4.45. The van der Waals surface area contributed by atoms with Gasteiger partial charge in [-0.2, -0.15) is 0 Å². The highest BCUT2D eigenvalue weighted by atomic mass is 16.6. The molecule has 0 aliphatic carbocycles. The van der Waals surface area contributed by atoms with E-state index in [4.69, 9.17) is 5.73 Å². The molecule has 2 N–H and O–H groups in total. The molecule has 0 bridgehead atoms. The first kappa shape index (κ1) is 15.0. The Hall–Kier alpha value is -2.90. The number of piperazine rings is 1. The van der Waals surface area contributed by atoms with Crippen molar-refractivity contribution in [3.8, 4) is 0 Å². The molecule has 1 aromatic heterocycles. The number of nitrogens with zero attached hydrogens (tertiary/aromatic N) is 4. The number of carbonyl (C=O) groups excluding carboxylic acids is 2. The molecular formula is C15H17N5O3. The van der Waals surface area contributed by atoms with Crippen LogP contribution in [0.4, 0.5) is 5.82 Å². The molecule has 0 radical (unpaired) electrons. The topological polar surface area (TPSA) is 106 Å². The van der Waals surface area contributed by atoms with Gasteiger partial charge >= 0.3 is 0 Å². The van der Waals surface area contributed by atoms with Crippen molar-refractivity contribution < 1.29 is 14.2 Å². The first-order chi connectivity index (χ1) is 11.1. The highest BCUT2D eigenvalue weighted by Crippen LogP contribution is 2.14. The third-order valence-electron chi connectivity index (χ3n) is 3.84. The molecule has 0 unspecified atom stereocenters. The second kappa shape index (κ2) is 6.07. The molecule has 1 aromatic carbocycles. The molecule has 3 rings (SSSR count). The van der Waals surface area contributed by atoms with Gasteiger partial charge in [0, 0.05) is 31.7 Å². The summed E-state index contributed by atoms with van der Waals surface area (Å²) in [5.74, 6) is -0.372. The van der Waals surface area contributed by atoms with Crippen LogP contribution < -0.4 is 5.73 Å². The molecular weight excluding hydrogens is 298 g/mol. The molecule has 8 nitrogen and oxygen atoms in total. The normalized spacial score (nSPS) is 14.8. The van der Waals surface area contributed by atoms with Crippen molar-refractivity contribution in [2.24, 2.45) is 0 Å². The number of aryl methyl sites for hydroxylation is 1. The first-order valence-corrected chi connectivity index (χ1v) is 7.29. The third-order valence-corrected chi connectivity index (χ3v) is 3.84. The minimum Gasteiger partial charge on any atom is -0.379 e. The molecule has 1 aliphatic rings. The third kappa shape index (κ3) is 3.01. The number of nitrogen functional groups attached to an aromatic ring is 1. The minimum absolute atomic E-state index is 0.0171. The van der Waals surface area contributed by atoms with E-state index in [0.29, 0.717) is 31.7 Å². The molecule has 8 heteroatoms. The van der Waals surface area contributed by atoms with Crippen molar-refractivity contribution >= 4 is 17.6 Å². The molecule has 23 heavy (non-hydrogen) atoms. The lowest BCUT2D eigenvalue weighted by atomic mass is 10.1. The second-order valence-corrected chi connectivity index (χ2v) is 5.45. The minimum atomic E-state index is -0.327. The second-order valence-electron chi connectivity index (χ2n) is 5.45. The highest BCUT2D eigenvalue weighted by molar-refractivity contribution is 5.97. The van der Waals surface area contributed by atoms with Crippen LogP contribution in [0.2, 0.25) is 0 Å². The molecule has 2 aromatic rings. The van der Waals surface area contributed by atoms with Gasteiger partial charge in [-0.05, 0) is 29.4 Å². The SMILES string of the molecule is Cc1cccc(C(=O)N2CCN(C(=O)c3nonc3N)CC2)c1. The standard InChI is InChI=1S/C15H17N5O3/c1-10-3-2-4-11(9-10)14(21)19-5-7-20(8-6-19)15(22)12-13(16)18-23-17-12/h2-4,9H,5-8H2,1H3,(H2,16,18). The van der Waals surface area contributed by atoms with E-state index >= 15 is 0 Å². The van der Waals surface area contributed by atoms with E-state index in [0.717, 1.165) is 5.56 Å². The van der Waals surface area contributed by atoms with E-state index < -0.39 is 0 Å². The van der Waals surface area contributed by atoms with Crippen LogP contribution in [0.25, 0.3) is 0 Å². The number of aromatic nitrogens is 2. The summed E-state index contributed by atoms with van der Waals surface area (Å²) in [6, 6.07) is 7.47. The van der Waals surface area contributed by atoms with Gasteiger partial charge in [0.2, 0.25) is 11.5 Å². The molecule has 1 fully saturated rings. The number of hydrogen-bond donors (Lipinski definition) is 1. The van der Waals surface area contributed by atoms with Gasteiger partial charge in [0.15, 0.2) is 0 Å². The number of rotatable bonds is 2. The van der Waals surface area contributed by atoms with Gasteiger partial charge < -0.3 is 15.5 Å². The molecule has 0 spiro atoms. The van der Waals surface area contributed by atoms with Gasteiger partial charge in [-0.15, -0.1) is 0 Å². The maximum atomic E-state index is 12.5. The average molecular weight is 315 g/mol. The lowest BCUT2D eigenvalue weighted by Crippen LogP contribution is -2.50. The molecule has 2 heterocycles. The fraction of sp³-hybridized carbons (Fsp3) is 0.333. The van der Waals surface area contributed by atoms with E-state index in [1.165, 1.54) is 0 Å². The molecule has 1 aliphatic heterocycles. The molecule has 120 valence electrons. The van der Waals surface area contributed by atoms with E-state index in [1.807, 2.05) is 25.1 Å². The molecule has 0 saturated carbocycles. The Morgan fingerprint density at radius 2 is 1.74 bits per heavy atom. The maximum absolute atomic E-state index is 12.5. The largest absolute Gasteiger partial charge is 0.379 e. The van der Waals surface area contributed by atoms with Crippen LogP contribution in [0.1, 0.15) is 26.4 Å². The van der Waals surface area contributed by atoms with Gasteiger partial charge in [-0.25, -0.2) is 4.63 Å². The Morgan fingerprint density at radius 3 is 2.30 bits per heavy atom. The summed E-state index contributed by atoms with van der Waals surface area (Å²) in [7, 11) is 0. The lowest BCUT2D eigenvalue weighted by Gasteiger charge is -2.34. The van der Waals surface area contributed by atoms with Crippen molar-refractivity contribution in [3.05, 3.63) is 41.1 Å². The zero-order valence-electron chi connectivity index (χ0n) is 12.7. The van der Waals surface area contributed by atoms with Crippen LogP contribution >= 0.6 is 0 Å². The Bertz CT molecular complexity index is 734. The number of nitrogens with two attached hydrogens (primary N) is 1. The van der Waals surface area contributed by atoms with E-state index in [-0.39, 0.29) is 23.3 Å². The lowest BCUT2D eigenvalue weighted by molar-refractivity contribution is 0.0530. The van der Waals surface area contributed by atoms with Crippen molar-refractivity contribution in [2.75, 3.05) is 31.9 Å². The summed E-state index contributed by atoms with van der Waals surface area (Å²) in [5.41, 5.74) is 7.25. The number of amides is 2. The fourth-order valence-electron chi connectivity index (χ4n) is 2.57. The van der Waals surface area contributed by atoms with E-state index in [2.05, 4.69) is 14.9 Å². The molecule has 1 saturated heterocycles. The van der Waals surface area contributed by atoms with Crippen LogP contribution in [0.3, 0.4) is 0 Å². The van der Waals surface area contributed by atoms with Gasteiger partial charge in [-0.1, -0.05) is 17.7 Å². The monoisotopic (exact) mass is 315 g/mol. The predicted molar refractivity (Wildman–Crippen MR) is 81.7 cm³/mol. The fourth-order valence-corrected chi connectivity index (χ4v) is 2.57. The van der Waals surface area contributed by atoms with Gasteiger partial charge in [0.05, 0.1) is 0 Å². The zero-order chi connectivity index (χ0) is 16.4. The van der Waals surface area contributed by atoms with Gasteiger partial charge in [0.25, 0.3) is 11.8 Å². The predicted octanol–water partition coefficient (Wildman–Crippen LogP) is 0.558. The van der Waals surface area contributed by atoms with Crippen molar-refractivity contribution in [2.45, 2.75) is 6.92 Å². The summed E-state index contributed by atoms with van der Waals surface area (Å²) in [4.78, 5) is 28.1. The summed E-state index contributed by atoms with van der Waals surface area (Å²) in [6.07, 6.45) is 0. The average Bonchev–Trinajstić information content (AvgIpc) is 3.00. The number of benzene rings is 1. The van der Waals surface area contributed by atoms with Crippen molar-refractivity contribution in [1.82, 2.24) is 20.1 Å². The number of carbonyl (C=O) groups is 2. The summed E-state index contributed by atoms with van der Waals surface area (Å²) in [5, 5.41) is 6.92. The Morgan fingerprint density at radius 1 is 1.09 bits per heavy atom. The Labute approximate surface area is 132 Å². The zero-order valence-corrected chi connectivity index (χ0v) is 12.7. The summed E-state index contributed by atoms with van der Waals surface area (Å²) >= 11 is 0. The van der Waals surface area contributed by atoms with E-state index in [1.54, 1.807) is 15.9 Å². The van der Waals surface area contributed by atoms with Crippen LogP contribution in [-0.2, 0) is 0 Å². The van der Waals surface area contributed by atoms with Crippen molar-refractivity contribution in [1.29, 1.82) is 0 Å².